The normalized spacial score (nSPS) is 10.4. The van der Waals surface area contributed by atoms with E-state index < -0.39 is 0 Å². The van der Waals surface area contributed by atoms with Crippen LogP contribution in [0.2, 0.25) is 5.02 Å². The minimum Gasteiger partial charge on any atom is -0.390 e. The number of thiazole rings is 1. The number of aromatic nitrogens is 1. The van der Waals surface area contributed by atoms with Gasteiger partial charge in [0.05, 0.1) is 22.7 Å². The van der Waals surface area contributed by atoms with Crippen LogP contribution in [0.3, 0.4) is 0 Å². The quantitative estimate of drug-likeness (QED) is 0.853. The molecule has 0 saturated carbocycles. The second-order valence-electron chi connectivity index (χ2n) is 2.79. The van der Waals surface area contributed by atoms with Gasteiger partial charge in [0.25, 0.3) is 0 Å². The summed E-state index contributed by atoms with van der Waals surface area (Å²) in [7, 11) is 0. The highest BCUT2D eigenvalue weighted by atomic mass is 35.5. The highest BCUT2D eigenvalue weighted by Crippen LogP contribution is 2.28. The summed E-state index contributed by atoms with van der Waals surface area (Å²) in [5.41, 5.74) is 3.49. The molecule has 1 heterocycles. The Kier molecular flexibility index (Phi) is 2.82. The fourth-order valence-corrected chi connectivity index (χ4v) is 2.15. The van der Waals surface area contributed by atoms with Crippen molar-refractivity contribution in [3.63, 3.8) is 0 Å². The molecule has 0 aliphatic carbocycles. The summed E-state index contributed by atoms with van der Waals surface area (Å²) >= 11 is 7.30. The molecule has 72 valence electrons. The maximum Gasteiger partial charge on any atom is 0.0867 e. The zero-order chi connectivity index (χ0) is 9.97. The van der Waals surface area contributed by atoms with Crippen LogP contribution in [0.15, 0.2) is 29.8 Å². The molecule has 1 N–H and O–H groups in total. The molecule has 2 nitrogen and oxygen atoms in total. The number of rotatable bonds is 2. The molecule has 0 aliphatic rings. The first-order chi connectivity index (χ1) is 6.81. The van der Waals surface area contributed by atoms with E-state index in [4.69, 9.17) is 16.7 Å². The van der Waals surface area contributed by atoms with Gasteiger partial charge in [0, 0.05) is 5.02 Å². The number of halogens is 1. The van der Waals surface area contributed by atoms with E-state index in [1.165, 1.54) is 11.3 Å². The lowest BCUT2D eigenvalue weighted by Gasteiger charge is -1.99. The van der Waals surface area contributed by atoms with Crippen LogP contribution in [0.5, 0.6) is 0 Å². The van der Waals surface area contributed by atoms with Crippen molar-refractivity contribution < 1.29 is 5.11 Å². The van der Waals surface area contributed by atoms with Crippen molar-refractivity contribution in [1.82, 2.24) is 4.98 Å². The van der Waals surface area contributed by atoms with Crippen LogP contribution in [0, 0.1) is 0 Å². The van der Waals surface area contributed by atoms with Crippen molar-refractivity contribution in [2.24, 2.45) is 0 Å². The highest BCUT2D eigenvalue weighted by molar-refractivity contribution is 7.13. The van der Waals surface area contributed by atoms with E-state index in [2.05, 4.69) is 4.98 Å². The average molecular weight is 226 g/mol. The van der Waals surface area contributed by atoms with Crippen molar-refractivity contribution in [2.75, 3.05) is 0 Å². The molecule has 0 atom stereocenters. The first-order valence-electron chi connectivity index (χ1n) is 4.10. The Morgan fingerprint density at radius 2 is 2.00 bits per heavy atom. The minimum atomic E-state index is -0.0263. The second kappa shape index (κ2) is 4.09. The van der Waals surface area contributed by atoms with E-state index >= 15 is 0 Å². The number of aliphatic hydroxyl groups excluding tert-OH is 1. The minimum absolute atomic E-state index is 0.0263. The van der Waals surface area contributed by atoms with Crippen molar-refractivity contribution in [3.8, 4) is 10.4 Å². The molecule has 0 saturated heterocycles. The fourth-order valence-electron chi connectivity index (χ4n) is 1.22. The molecule has 14 heavy (non-hydrogen) atoms. The summed E-state index contributed by atoms with van der Waals surface area (Å²) in [6.45, 7) is -0.0263. The Labute approximate surface area is 90.8 Å². The summed E-state index contributed by atoms with van der Waals surface area (Å²) in [4.78, 5) is 5.07. The Morgan fingerprint density at radius 3 is 2.64 bits per heavy atom. The fraction of sp³-hybridized carbons (Fsp3) is 0.100. The van der Waals surface area contributed by atoms with E-state index in [1.807, 2.05) is 24.3 Å². The molecule has 1 aromatic carbocycles. The van der Waals surface area contributed by atoms with Crippen LogP contribution in [0.25, 0.3) is 10.4 Å². The maximum atomic E-state index is 9.04. The first kappa shape index (κ1) is 9.65. The SMILES string of the molecule is OCc1ncsc1-c1ccc(Cl)cc1. The largest absolute Gasteiger partial charge is 0.390 e. The van der Waals surface area contributed by atoms with Gasteiger partial charge in [-0.05, 0) is 17.7 Å². The third kappa shape index (κ3) is 1.80. The molecular weight excluding hydrogens is 218 g/mol. The molecule has 0 aliphatic heterocycles. The summed E-state index contributed by atoms with van der Waals surface area (Å²) < 4.78 is 0. The van der Waals surface area contributed by atoms with Crippen molar-refractivity contribution in [1.29, 1.82) is 0 Å². The van der Waals surface area contributed by atoms with Gasteiger partial charge in [-0.15, -0.1) is 11.3 Å². The molecule has 0 bridgehead atoms. The topological polar surface area (TPSA) is 33.1 Å². The maximum absolute atomic E-state index is 9.04. The van der Waals surface area contributed by atoms with Gasteiger partial charge in [0.1, 0.15) is 0 Å². The molecule has 2 rings (SSSR count). The van der Waals surface area contributed by atoms with Crippen molar-refractivity contribution >= 4 is 22.9 Å². The smallest absolute Gasteiger partial charge is 0.0867 e. The van der Waals surface area contributed by atoms with Crippen LogP contribution in [0.1, 0.15) is 5.69 Å². The summed E-state index contributed by atoms with van der Waals surface area (Å²) in [6.07, 6.45) is 0. The first-order valence-corrected chi connectivity index (χ1v) is 5.36. The van der Waals surface area contributed by atoms with Crippen molar-refractivity contribution in [2.45, 2.75) is 6.61 Å². The van der Waals surface area contributed by atoms with Crippen LogP contribution in [-0.4, -0.2) is 10.1 Å². The molecule has 0 unspecified atom stereocenters. The Morgan fingerprint density at radius 1 is 1.29 bits per heavy atom. The standard InChI is InChI=1S/C10H8ClNOS/c11-8-3-1-7(2-4-8)10-9(5-13)12-6-14-10/h1-4,6,13H,5H2. The Bertz CT molecular complexity index is 424. The monoisotopic (exact) mass is 225 g/mol. The van der Waals surface area contributed by atoms with Gasteiger partial charge in [-0.2, -0.15) is 0 Å². The van der Waals surface area contributed by atoms with E-state index in [1.54, 1.807) is 5.51 Å². The van der Waals surface area contributed by atoms with Gasteiger partial charge in [-0.25, -0.2) is 4.98 Å². The van der Waals surface area contributed by atoms with Crippen LogP contribution < -0.4 is 0 Å². The van der Waals surface area contributed by atoms with Crippen LogP contribution in [0.4, 0.5) is 0 Å². The molecule has 2 aromatic rings. The van der Waals surface area contributed by atoms with E-state index in [-0.39, 0.29) is 6.61 Å². The van der Waals surface area contributed by atoms with Crippen LogP contribution >= 0.6 is 22.9 Å². The molecule has 4 heteroatoms. The van der Waals surface area contributed by atoms with Gasteiger partial charge < -0.3 is 5.11 Å². The second-order valence-corrected chi connectivity index (χ2v) is 4.08. The third-order valence-corrected chi connectivity index (χ3v) is 3.07. The predicted molar refractivity (Wildman–Crippen MR) is 58.5 cm³/mol. The molecule has 1 aromatic heterocycles. The summed E-state index contributed by atoms with van der Waals surface area (Å²) in [5.74, 6) is 0. The molecule has 0 radical (unpaired) electrons. The lowest BCUT2D eigenvalue weighted by molar-refractivity contribution is 0.278. The lowest BCUT2D eigenvalue weighted by Crippen LogP contribution is -1.85. The van der Waals surface area contributed by atoms with Crippen LogP contribution in [-0.2, 0) is 6.61 Å². The molecule has 0 spiro atoms. The molecular formula is C10H8ClNOS. The Hall–Kier alpha value is -0.900. The average Bonchev–Trinajstić information content (AvgIpc) is 2.67. The van der Waals surface area contributed by atoms with Gasteiger partial charge in [0.15, 0.2) is 0 Å². The highest BCUT2D eigenvalue weighted by Gasteiger charge is 2.06. The van der Waals surface area contributed by atoms with Gasteiger partial charge >= 0.3 is 0 Å². The zero-order valence-electron chi connectivity index (χ0n) is 7.27. The number of nitrogens with zero attached hydrogens (tertiary/aromatic N) is 1. The Balaban J connectivity index is 2.44. The predicted octanol–water partition coefficient (Wildman–Crippen LogP) is 2.96. The van der Waals surface area contributed by atoms with Gasteiger partial charge in [0.2, 0.25) is 0 Å². The summed E-state index contributed by atoms with van der Waals surface area (Å²) in [6, 6.07) is 7.51. The zero-order valence-corrected chi connectivity index (χ0v) is 8.85. The summed E-state index contributed by atoms with van der Waals surface area (Å²) in [5, 5.41) is 9.75. The number of hydrogen-bond donors (Lipinski definition) is 1. The van der Waals surface area contributed by atoms with E-state index in [9.17, 15) is 0 Å². The van der Waals surface area contributed by atoms with Gasteiger partial charge in [-0.3, -0.25) is 0 Å². The number of benzene rings is 1. The molecule has 0 amide bonds. The molecule has 0 fully saturated rings. The third-order valence-electron chi connectivity index (χ3n) is 1.90. The lowest BCUT2D eigenvalue weighted by atomic mass is 10.1. The van der Waals surface area contributed by atoms with E-state index in [0.29, 0.717) is 5.02 Å². The van der Waals surface area contributed by atoms with Crippen molar-refractivity contribution in [3.05, 3.63) is 40.5 Å². The number of aliphatic hydroxyl groups is 1. The van der Waals surface area contributed by atoms with Gasteiger partial charge in [-0.1, -0.05) is 23.7 Å². The number of hydrogen-bond acceptors (Lipinski definition) is 3. The van der Waals surface area contributed by atoms with E-state index in [0.717, 1.165) is 16.1 Å².